The van der Waals surface area contributed by atoms with Gasteiger partial charge in [0.1, 0.15) is 5.52 Å². The average molecular weight is 237 g/mol. The lowest BCUT2D eigenvalue weighted by atomic mass is 10.0. The summed E-state index contributed by atoms with van der Waals surface area (Å²) >= 11 is 0. The summed E-state index contributed by atoms with van der Waals surface area (Å²) in [4.78, 5) is 4.18. The van der Waals surface area contributed by atoms with Crippen molar-refractivity contribution in [3.8, 4) is 0 Å². The van der Waals surface area contributed by atoms with Crippen LogP contribution in [-0.2, 0) is 12.8 Å². The molecule has 1 aromatic heterocycles. The highest BCUT2D eigenvalue weighted by atomic mass is 16.3. The van der Waals surface area contributed by atoms with Crippen LogP contribution in [0.2, 0.25) is 0 Å². The Bertz CT molecular complexity index is 652. The van der Waals surface area contributed by atoms with Crippen LogP contribution in [0, 0.1) is 6.92 Å². The number of rotatable bonds is 3. The fourth-order valence-electron chi connectivity index (χ4n) is 2.10. The second kappa shape index (κ2) is 4.65. The number of hydrogen-bond donors (Lipinski definition) is 0. The summed E-state index contributed by atoms with van der Waals surface area (Å²) in [6.07, 6.45) is 3.59. The van der Waals surface area contributed by atoms with Gasteiger partial charge in [-0.2, -0.15) is 0 Å². The predicted octanol–water partition coefficient (Wildman–Crippen LogP) is 3.92. The Balaban J connectivity index is 1.74. The normalized spacial score (nSPS) is 10.9. The topological polar surface area (TPSA) is 26.0 Å². The van der Waals surface area contributed by atoms with E-state index in [0.717, 1.165) is 23.9 Å². The van der Waals surface area contributed by atoms with Crippen molar-refractivity contribution in [2.75, 3.05) is 0 Å². The van der Waals surface area contributed by atoms with Gasteiger partial charge in [0.25, 0.3) is 0 Å². The first-order chi connectivity index (χ1) is 8.81. The summed E-state index contributed by atoms with van der Waals surface area (Å²) in [5.41, 5.74) is 5.78. The quantitative estimate of drug-likeness (QED) is 0.690. The molecule has 0 amide bonds. The molecule has 0 saturated carbocycles. The van der Waals surface area contributed by atoms with Crippen molar-refractivity contribution in [1.82, 2.24) is 4.98 Å². The lowest BCUT2D eigenvalue weighted by Crippen LogP contribution is -1.91. The molecule has 18 heavy (non-hydrogen) atoms. The maximum absolute atomic E-state index is 5.24. The molecule has 0 N–H and O–H groups in total. The molecule has 0 saturated heterocycles. The van der Waals surface area contributed by atoms with Crippen LogP contribution in [-0.4, -0.2) is 4.98 Å². The van der Waals surface area contributed by atoms with Crippen molar-refractivity contribution in [1.29, 1.82) is 0 Å². The second-order valence-electron chi connectivity index (χ2n) is 4.64. The predicted molar refractivity (Wildman–Crippen MR) is 72.6 cm³/mol. The summed E-state index contributed by atoms with van der Waals surface area (Å²) < 4.78 is 5.24. The van der Waals surface area contributed by atoms with Crippen LogP contribution in [0.25, 0.3) is 11.1 Å². The van der Waals surface area contributed by atoms with E-state index in [1.165, 1.54) is 23.1 Å². The molecule has 0 aliphatic rings. The van der Waals surface area contributed by atoms with E-state index in [4.69, 9.17) is 4.42 Å². The minimum Gasteiger partial charge on any atom is -0.443 e. The lowest BCUT2D eigenvalue weighted by Gasteiger charge is -2.02. The van der Waals surface area contributed by atoms with Crippen molar-refractivity contribution in [2.45, 2.75) is 19.8 Å². The van der Waals surface area contributed by atoms with Crippen molar-refractivity contribution in [3.63, 3.8) is 0 Å². The zero-order chi connectivity index (χ0) is 12.4. The van der Waals surface area contributed by atoms with Gasteiger partial charge in [-0.15, -0.1) is 0 Å². The van der Waals surface area contributed by atoms with Crippen LogP contribution < -0.4 is 0 Å². The summed E-state index contributed by atoms with van der Waals surface area (Å²) in [5, 5.41) is 0. The Morgan fingerprint density at radius 2 is 1.67 bits per heavy atom. The molecule has 2 heteroatoms. The molecule has 0 aliphatic heterocycles. The van der Waals surface area contributed by atoms with Gasteiger partial charge in [-0.05, 0) is 43.0 Å². The van der Waals surface area contributed by atoms with Crippen molar-refractivity contribution >= 4 is 11.1 Å². The standard InChI is InChI=1S/C16H15NO/c1-12-2-4-13(5-3-12)6-7-14-8-9-16-15(10-14)17-11-18-16/h2-5,8-11H,6-7H2,1H3. The Kier molecular flexibility index (Phi) is 2.85. The molecule has 0 radical (unpaired) electrons. The van der Waals surface area contributed by atoms with Crippen LogP contribution in [0.3, 0.4) is 0 Å². The molecule has 0 aliphatic carbocycles. The summed E-state index contributed by atoms with van der Waals surface area (Å²) in [6, 6.07) is 14.9. The summed E-state index contributed by atoms with van der Waals surface area (Å²) in [6.45, 7) is 2.11. The fourth-order valence-corrected chi connectivity index (χ4v) is 2.10. The van der Waals surface area contributed by atoms with Crippen molar-refractivity contribution < 1.29 is 4.42 Å². The second-order valence-corrected chi connectivity index (χ2v) is 4.64. The lowest BCUT2D eigenvalue weighted by molar-refractivity contribution is 0.602. The first-order valence-electron chi connectivity index (χ1n) is 6.19. The van der Waals surface area contributed by atoms with Gasteiger partial charge < -0.3 is 4.42 Å². The first kappa shape index (κ1) is 11.0. The van der Waals surface area contributed by atoms with E-state index in [9.17, 15) is 0 Å². The molecule has 3 aromatic rings. The zero-order valence-electron chi connectivity index (χ0n) is 10.4. The summed E-state index contributed by atoms with van der Waals surface area (Å²) in [7, 11) is 0. The van der Waals surface area contributed by atoms with Gasteiger partial charge in [0, 0.05) is 0 Å². The van der Waals surface area contributed by atoms with E-state index < -0.39 is 0 Å². The minimum atomic E-state index is 0.856. The molecule has 1 heterocycles. The number of aryl methyl sites for hydroxylation is 3. The van der Waals surface area contributed by atoms with Crippen molar-refractivity contribution in [2.24, 2.45) is 0 Å². The van der Waals surface area contributed by atoms with Gasteiger partial charge in [-0.3, -0.25) is 0 Å². The number of benzene rings is 2. The van der Waals surface area contributed by atoms with Gasteiger partial charge >= 0.3 is 0 Å². The number of nitrogens with zero attached hydrogens (tertiary/aromatic N) is 1. The van der Waals surface area contributed by atoms with Crippen LogP contribution in [0.1, 0.15) is 16.7 Å². The smallest absolute Gasteiger partial charge is 0.181 e. The molecular weight excluding hydrogens is 222 g/mol. The molecule has 0 spiro atoms. The van der Waals surface area contributed by atoms with Gasteiger partial charge in [0.05, 0.1) is 0 Å². The van der Waals surface area contributed by atoms with Crippen LogP contribution in [0.5, 0.6) is 0 Å². The third-order valence-electron chi connectivity index (χ3n) is 3.22. The number of fused-ring (bicyclic) bond motifs is 1. The van der Waals surface area contributed by atoms with Crippen LogP contribution in [0.15, 0.2) is 53.3 Å². The highest BCUT2D eigenvalue weighted by molar-refractivity contribution is 5.72. The van der Waals surface area contributed by atoms with E-state index in [2.05, 4.69) is 48.3 Å². The van der Waals surface area contributed by atoms with Crippen molar-refractivity contribution in [3.05, 3.63) is 65.5 Å². The van der Waals surface area contributed by atoms with E-state index in [1.54, 1.807) is 0 Å². The molecule has 0 atom stereocenters. The van der Waals surface area contributed by atoms with Gasteiger partial charge in [0.2, 0.25) is 0 Å². The number of aromatic nitrogens is 1. The first-order valence-corrected chi connectivity index (χ1v) is 6.19. The van der Waals surface area contributed by atoms with E-state index in [-0.39, 0.29) is 0 Å². The molecule has 0 fully saturated rings. The zero-order valence-corrected chi connectivity index (χ0v) is 10.4. The van der Waals surface area contributed by atoms with Gasteiger partial charge in [-0.1, -0.05) is 35.9 Å². The van der Waals surface area contributed by atoms with Gasteiger partial charge in [0.15, 0.2) is 12.0 Å². The number of hydrogen-bond acceptors (Lipinski definition) is 2. The Morgan fingerprint density at radius 3 is 2.50 bits per heavy atom. The average Bonchev–Trinajstić information content (AvgIpc) is 2.85. The highest BCUT2D eigenvalue weighted by Gasteiger charge is 2.01. The molecule has 0 bridgehead atoms. The van der Waals surface area contributed by atoms with Gasteiger partial charge in [-0.25, -0.2) is 4.98 Å². The molecule has 90 valence electrons. The van der Waals surface area contributed by atoms with Crippen LogP contribution in [0.4, 0.5) is 0 Å². The monoisotopic (exact) mass is 237 g/mol. The Labute approximate surface area is 106 Å². The SMILES string of the molecule is Cc1ccc(CCc2ccc3ocnc3c2)cc1. The molecular formula is C16H15NO. The third kappa shape index (κ3) is 2.28. The Morgan fingerprint density at radius 1 is 0.944 bits per heavy atom. The summed E-state index contributed by atoms with van der Waals surface area (Å²) in [5.74, 6) is 0. The molecule has 2 aromatic carbocycles. The minimum absolute atomic E-state index is 0.856. The van der Waals surface area contributed by atoms with Crippen LogP contribution >= 0.6 is 0 Å². The third-order valence-corrected chi connectivity index (χ3v) is 3.22. The van der Waals surface area contributed by atoms with E-state index in [0.29, 0.717) is 0 Å². The van der Waals surface area contributed by atoms with E-state index >= 15 is 0 Å². The molecule has 0 unspecified atom stereocenters. The largest absolute Gasteiger partial charge is 0.443 e. The Hall–Kier alpha value is -2.09. The maximum atomic E-state index is 5.24. The molecule has 3 rings (SSSR count). The molecule has 2 nitrogen and oxygen atoms in total. The maximum Gasteiger partial charge on any atom is 0.181 e. The van der Waals surface area contributed by atoms with E-state index in [1.807, 2.05) is 6.07 Å². The highest BCUT2D eigenvalue weighted by Crippen LogP contribution is 2.16. The number of oxazole rings is 1. The fraction of sp³-hybridized carbons (Fsp3) is 0.188.